The largest absolute Gasteiger partial charge is 0.492 e. The molecule has 40 heavy (non-hydrogen) atoms. The highest BCUT2D eigenvalue weighted by Crippen LogP contribution is 2.23. The van der Waals surface area contributed by atoms with Gasteiger partial charge in [-0.15, -0.1) is 0 Å². The molecule has 2 aromatic heterocycles. The van der Waals surface area contributed by atoms with Crippen molar-refractivity contribution in [3.8, 4) is 5.75 Å². The molecule has 0 unspecified atom stereocenters. The lowest BCUT2D eigenvalue weighted by Gasteiger charge is -2.30. The number of hydrazone groups is 1. The fraction of sp³-hybridized carbons (Fsp3) is 0.419. The van der Waals surface area contributed by atoms with Gasteiger partial charge in [-0.1, -0.05) is 35.9 Å². The Bertz CT molecular complexity index is 1400. The molecule has 9 heteroatoms. The number of piperidine rings is 2. The van der Waals surface area contributed by atoms with Crippen molar-refractivity contribution in [2.75, 3.05) is 48.0 Å². The first-order valence-corrected chi connectivity index (χ1v) is 14.6. The van der Waals surface area contributed by atoms with Gasteiger partial charge in [0.2, 0.25) is 17.8 Å². The van der Waals surface area contributed by atoms with E-state index >= 15 is 0 Å². The summed E-state index contributed by atoms with van der Waals surface area (Å²) in [7, 11) is 0. The second-order valence-electron chi connectivity index (χ2n) is 10.7. The van der Waals surface area contributed by atoms with E-state index in [0.29, 0.717) is 12.6 Å². The Morgan fingerprint density at radius 1 is 0.825 bits per heavy atom. The third-order valence-corrected chi connectivity index (χ3v) is 7.70. The molecule has 0 spiro atoms. The van der Waals surface area contributed by atoms with E-state index in [1.54, 1.807) is 0 Å². The molecule has 2 aliphatic heterocycles. The highest BCUT2D eigenvalue weighted by atomic mass is 16.5. The molecule has 0 bridgehead atoms. The van der Waals surface area contributed by atoms with Gasteiger partial charge in [0, 0.05) is 48.8 Å². The van der Waals surface area contributed by atoms with Crippen LogP contribution >= 0.6 is 0 Å². The standard InChI is InChI=1S/C31H38N8O/c1-24-12-14-26(15-13-24)40-21-20-39-23-25(27-10-4-5-11-28(27)39)22-32-36-29-33-30(37-16-6-2-7-17-37)35-31(34-29)38-18-8-3-9-19-38/h4-5,10-15,22-23H,2-3,6-9,16-21H2,1H3,(H,33,34,35,36). The van der Waals surface area contributed by atoms with Crippen LogP contribution in [0.2, 0.25) is 0 Å². The van der Waals surface area contributed by atoms with Crippen LogP contribution in [0.15, 0.2) is 59.8 Å². The Balaban J connectivity index is 1.19. The van der Waals surface area contributed by atoms with E-state index in [0.717, 1.165) is 66.8 Å². The van der Waals surface area contributed by atoms with Crippen LogP contribution in [0, 0.1) is 6.92 Å². The maximum atomic E-state index is 5.99. The molecule has 2 fully saturated rings. The van der Waals surface area contributed by atoms with Gasteiger partial charge in [-0.3, -0.25) is 0 Å². The summed E-state index contributed by atoms with van der Waals surface area (Å²) in [6, 6.07) is 16.5. The lowest BCUT2D eigenvalue weighted by Crippen LogP contribution is -2.34. The molecular formula is C31H38N8O. The van der Waals surface area contributed by atoms with Crippen LogP contribution < -0.4 is 20.0 Å². The number of para-hydroxylation sites is 1. The number of rotatable bonds is 9. The van der Waals surface area contributed by atoms with E-state index in [1.807, 2.05) is 18.3 Å². The molecular weight excluding hydrogens is 500 g/mol. The summed E-state index contributed by atoms with van der Waals surface area (Å²) in [4.78, 5) is 18.9. The number of aryl methyl sites for hydroxylation is 1. The minimum Gasteiger partial charge on any atom is -0.492 e. The lowest BCUT2D eigenvalue weighted by atomic mass is 10.1. The van der Waals surface area contributed by atoms with Gasteiger partial charge < -0.3 is 19.1 Å². The minimum absolute atomic E-state index is 0.489. The van der Waals surface area contributed by atoms with E-state index in [2.05, 4.69) is 74.4 Å². The molecule has 2 aromatic carbocycles. The van der Waals surface area contributed by atoms with E-state index in [-0.39, 0.29) is 0 Å². The fourth-order valence-electron chi connectivity index (χ4n) is 5.49. The zero-order valence-electron chi connectivity index (χ0n) is 23.3. The summed E-state index contributed by atoms with van der Waals surface area (Å²) >= 11 is 0. The summed E-state index contributed by atoms with van der Waals surface area (Å²) in [5, 5.41) is 5.72. The number of hydrogen-bond donors (Lipinski definition) is 1. The number of benzene rings is 2. The average molecular weight is 539 g/mol. The van der Waals surface area contributed by atoms with Crippen LogP contribution in [-0.4, -0.2) is 58.5 Å². The number of hydrogen-bond acceptors (Lipinski definition) is 8. The predicted molar refractivity (Wildman–Crippen MR) is 162 cm³/mol. The topological polar surface area (TPSA) is 83.7 Å². The number of nitrogens with zero attached hydrogens (tertiary/aromatic N) is 7. The van der Waals surface area contributed by atoms with Crippen molar-refractivity contribution in [3.05, 3.63) is 65.9 Å². The van der Waals surface area contributed by atoms with E-state index < -0.39 is 0 Å². The Morgan fingerprint density at radius 3 is 2.15 bits per heavy atom. The molecule has 6 rings (SSSR count). The number of fused-ring (bicyclic) bond motifs is 1. The van der Waals surface area contributed by atoms with Crippen molar-refractivity contribution in [2.24, 2.45) is 5.10 Å². The van der Waals surface area contributed by atoms with Crippen molar-refractivity contribution < 1.29 is 4.74 Å². The quantitative estimate of drug-likeness (QED) is 0.218. The monoisotopic (exact) mass is 538 g/mol. The molecule has 1 N–H and O–H groups in total. The van der Waals surface area contributed by atoms with Crippen LogP contribution in [0.5, 0.6) is 5.75 Å². The molecule has 2 aliphatic rings. The molecule has 0 aliphatic carbocycles. The summed E-state index contributed by atoms with van der Waals surface area (Å²) in [6.07, 6.45) is 11.2. The second-order valence-corrected chi connectivity index (χ2v) is 10.7. The van der Waals surface area contributed by atoms with Gasteiger partial charge in [0.05, 0.1) is 12.8 Å². The zero-order valence-corrected chi connectivity index (χ0v) is 23.3. The minimum atomic E-state index is 0.489. The number of anilines is 3. The molecule has 9 nitrogen and oxygen atoms in total. The van der Waals surface area contributed by atoms with E-state index in [9.17, 15) is 0 Å². The van der Waals surface area contributed by atoms with Gasteiger partial charge in [0.1, 0.15) is 12.4 Å². The van der Waals surface area contributed by atoms with Crippen molar-refractivity contribution >= 4 is 35.0 Å². The van der Waals surface area contributed by atoms with Crippen LogP contribution in [0.4, 0.5) is 17.8 Å². The van der Waals surface area contributed by atoms with Gasteiger partial charge >= 0.3 is 0 Å². The smallest absolute Gasteiger partial charge is 0.250 e. The summed E-state index contributed by atoms with van der Waals surface area (Å²) in [6.45, 7) is 7.34. The van der Waals surface area contributed by atoms with Crippen LogP contribution in [0.25, 0.3) is 10.9 Å². The molecule has 2 saturated heterocycles. The second kappa shape index (κ2) is 12.4. The Labute approximate surface area is 235 Å². The van der Waals surface area contributed by atoms with Gasteiger partial charge in [-0.05, 0) is 63.6 Å². The molecule has 0 atom stereocenters. The van der Waals surface area contributed by atoms with E-state index in [4.69, 9.17) is 19.7 Å². The van der Waals surface area contributed by atoms with Gasteiger partial charge in [-0.2, -0.15) is 20.1 Å². The highest BCUT2D eigenvalue weighted by Gasteiger charge is 2.20. The van der Waals surface area contributed by atoms with Crippen molar-refractivity contribution in [1.82, 2.24) is 19.5 Å². The van der Waals surface area contributed by atoms with Crippen molar-refractivity contribution in [1.29, 1.82) is 0 Å². The van der Waals surface area contributed by atoms with Crippen molar-refractivity contribution in [2.45, 2.75) is 52.0 Å². The Kier molecular flexibility index (Phi) is 8.07. The third kappa shape index (κ3) is 6.19. The van der Waals surface area contributed by atoms with E-state index in [1.165, 1.54) is 44.1 Å². The summed E-state index contributed by atoms with van der Waals surface area (Å²) < 4.78 is 8.21. The molecule has 4 heterocycles. The maximum absolute atomic E-state index is 5.99. The third-order valence-electron chi connectivity index (χ3n) is 7.70. The first-order chi connectivity index (χ1) is 19.7. The number of ether oxygens (including phenoxy) is 1. The van der Waals surface area contributed by atoms with Crippen LogP contribution in [0.1, 0.15) is 49.7 Å². The fourth-order valence-corrected chi connectivity index (χ4v) is 5.49. The average Bonchev–Trinajstić information content (AvgIpc) is 3.36. The van der Waals surface area contributed by atoms with Crippen molar-refractivity contribution in [3.63, 3.8) is 0 Å². The van der Waals surface area contributed by atoms with Crippen LogP contribution in [-0.2, 0) is 6.54 Å². The van der Waals surface area contributed by atoms with Gasteiger partial charge in [0.15, 0.2) is 0 Å². The molecule has 0 amide bonds. The predicted octanol–water partition coefficient (Wildman–Crippen LogP) is 5.64. The van der Waals surface area contributed by atoms with Gasteiger partial charge in [-0.25, -0.2) is 5.43 Å². The zero-order chi connectivity index (χ0) is 27.1. The molecule has 4 aromatic rings. The SMILES string of the molecule is Cc1ccc(OCCn2cc(C=NNc3nc(N4CCCCC4)nc(N4CCCCC4)n3)c3ccccc32)cc1. The number of nitrogens with one attached hydrogen (secondary N) is 1. The molecule has 208 valence electrons. The highest BCUT2D eigenvalue weighted by molar-refractivity contribution is 5.99. The summed E-state index contributed by atoms with van der Waals surface area (Å²) in [5.41, 5.74) is 6.52. The Hall–Kier alpha value is -4.14. The molecule has 0 radical (unpaired) electrons. The molecule has 0 saturated carbocycles. The van der Waals surface area contributed by atoms with Crippen LogP contribution in [0.3, 0.4) is 0 Å². The first-order valence-electron chi connectivity index (χ1n) is 14.6. The normalized spacial score (nSPS) is 16.1. The Morgan fingerprint density at radius 2 is 1.48 bits per heavy atom. The summed E-state index contributed by atoms with van der Waals surface area (Å²) in [5.74, 6) is 2.87. The maximum Gasteiger partial charge on any atom is 0.250 e. The lowest BCUT2D eigenvalue weighted by molar-refractivity contribution is 0.300. The van der Waals surface area contributed by atoms with Gasteiger partial charge in [0.25, 0.3) is 0 Å². The first kappa shape index (κ1) is 26.1. The number of aromatic nitrogens is 4.